The summed E-state index contributed by atoms with van der Waals surface area (Å²) in [5, 5.41) is 15.4. The largest absolute Gasteiger partial charge is 0.497 e. The SMILES string of the molecule is CCc1nn2c(CO)c(-c3c(C)cc(OC)cc3C)nc2s1. The van der Waals surface area contributed by atoms with Crippen molar-refractivity contribution in [1.29, 1.82) is 0 Å². The summed E-state index contributed by atoms with van der Waals surface area (Å²) in [4.78, 5) is 5.54. The summed E-state index contributed by atoms with van der Waals surface area (Å²) in [7, 11) is 1.66. The smallest absolute Gasteiger partial charge is 0.213 e. The van der Waals surface area contributed by atoms with Crippen LogP contribution in [0.4, 0.5) is 0 Å². The van der Waals surface area contributed by atoms with E-state index in [0.29, 0.717) is 0 Å². The summed E-state index contributed by atoms with van der Waals surface area (Å²) in [6, 6.07) is 3.98. The molecule has 0 saturated heterocycles. The normalized spacial score (nSPS) is 11.3. The molecule has 0 bridgehead atoms. The molecule has 0 unspecified atom stereocenters. The number of rotatable bonds is 4. The highest BCUT2D eigenvalue weighted by Gasteiger charge is 2.20. The Labute approximate surface area is 133 Å². The van der Waals surface area contributed by atoms with Crippen LogP contribution in [0.5, 0.6) is 5.75 Å². The fraction of sp³-hybridized carbons (Fsp3) is 0.375. The second-order valence-electron chi connectivity index (χ2n) is 5.25. The summed E-state index contributed by atoms with van der Waals surface area (Å²) in [5.74, 6) is 0.830. The summed E-state index contributed by atoms with van der Waals surface area (Å²) in [5.41, 5.74) is 4.74. The van der Waals surface area contributed by atoms with Crippen molar-refractivity contribution in [3.05, 3.63) is 34.0 Å². The van der Waals surface area contributed by atoms with Crippen molar-refractivity contribution in [2.45, 2.75) is 33.8 Å². The van der Waals surface area contributed by atoms with Crippen LogP contribution in [0.3, 0.4) is 0 Å². The second-order valence-corrected chi connectivity index (χ2v) is 6.29. The van der Waals surface area contributed by atoms with Gasteiger partial charge in [0, 0.05) is 5.56 Å². The van der Waals surface area contributed by atoms with Crippen LogP contribution in [0.2, 0.25) is 0 Å². The standard InChI is InChI=1S/C16H19N3O2S/c1-5-13-18-19-12(8-20)15(17-16(19)22-13)14-9(2)6-11(21-4)7-10(14)3/h6-7,20H,5,8H2,1-4H3. The van der Waals surface area contributed by atoms with E-state index in [0.717, 1.165) is 50.2 Å². The van der Waals surface area contributed by atoms with Gasteiger partial charge in [-0.3, -0.25) is 0 Å². The molecule has 22 heavy (non-hydrogen) atoms. The molecule has 1 N–H and O–H groups in total. The quantitative estimate of drug-likeness (QED) is 0.803. The van der Waals surface area contributed by atoms with E-state index in [9.17, 15) is 5.11 Å². The average molecular weight is 317 g/mol. The topological polar surface area (TPSA) is 59.7 Å². The fourth-order valence-electron chi connectivity index (χ4n) is 2.73. The number of hydrogen-bond donors (Lipinski definition) is 1. The molecule has 0 fully saturated rings. The maximum atomic E-state index is 9.81. The van der Waals surface area contributed by atoms with Crippen LogP contribution in [0.25, 0.3) is 16.2 Å². The number of aromatic nitrogens is 3. The van der Waals surface area contributed by atoms with Gasteiger partial charge in [0.2, 0.25) is 4.96 Å². The molecule has 116 valence electrons. The molecule has 0 radical (unpaired) electrons. The van der Waals surface area contributed by atoms with Crippen molar-refractivity contribution in [1.82, 2.24) is 14.6 Å². The summed E-state index contributed by atoms with van der Waals surface area (Å²) in [6.45, 7) is 6.04. The van der Waals surface area contributed by atoms with E-state index in [2.05, 4.69) is 12.0 Å². The van der Waals surface area contributed by atoms with Crippen molar-refractivity contribution < 1.29 is 9.84 Å². The van der Waals surface area contributed by atoms with E-state index in [1.807, 2.05) is 26.0 Å². The van der Waals surface area contributed by atoms with Gasteiger partial charge in [-0.2, -0.15) is 5.10 Å². The first-order valence-corrected chi connectivity index (χ1v) is 8.04. The molecule has 6 heteroatoms. The number of aryl methyl sites for hydroxylation is 3. The highest BCUT2D eigenvalue weighted by molar-refractivity contribution is 7.16. The molecule has 3 aromatic rings. The number of imidazole rings is 1. The van der Waals surface area contributed by atoms with E-state index >= 15 is 0 Å². The Morgan fingerprint density at radius 2 is 1.95 bits per heavy atom. The van der Waals surface area contributed by atoms with Gasteiger partial charge in [-0.25, -0.2) is 9.50 Å². The lowest BCUT2D eigenvalue weighted by molar-refractivity contribution is 0.275. The average Bonchev–Trinajstić information content (AvgIpc) is 3.03. The minimum absolute atomic E-state index is 0.0890. The highest BCUT2D eigenvalue weighted by atomic mass is 32.1. The molecule has 2 heterocycles. The van der Waals surface area contributed by atoms with E-state index in [-0.39, 0.29) is 6.61 Å². The van der Waals surface area contributed by atoms with Gasteiger partial charge in [0.05, 0.1) is 25.1 Å². The number of nitrogens with zero attached hydrogens (tertiary/aromatic N) is 3. The van der Waals surface area contributed by atoms with Crippen molar-refractivity contribution >= 4 is 16.3 Å². The zero-order chi connectivity index (χ0) is 15.9. The third kappa shape index (κ3) is 2.28. The Kier molecular flexibility index (Phi) is 3.88. The van der Waals surface area contributed by atoms with Gasteiger partial charge in [-0.05, 0) is 43.5 Å². The Hall–Kier alpha value is -1.92. The molecule has 0 atom stereocenters. The van der Waals surface area contributed by atoms with Crippen LogP contribution >= 0.6 is 11.3 Å². The molecule has 5 nitrogen and oxygen atoms in total. The minimum Gasteiger partial charge on any atom is -0.497 e. The molecular weight excluding hydrogens is 298 g/mol. The van der Waals surface area contributed by atoms with E-state index in [1.54, 1.807) is 23.0 Å². The van der Waals surface area contributed by atoms with Gasteiger partial charge in [-0.1, -0.05) is 18.3 Å². The van der Waals surface area contributed by atoms with E-state index < -0.39 is 0 Å². The van der Waals surface area contributed by atoms with Gasteiger partial charge in [-0.15, -0.1) is 0 Å². The number of hydrogen-bond acceptors (Lipinski definition) is 5. The molecule has 2 aromatic heterocycles. The third-order valence-electron chi connectivity index (χ3n) is 3.77. The number of aliphatic hydroxyl groups excluding tert-OH is 1. The van der Waals surface area contributed by atoms with Gasteiger partial charge >= 0.3 is 0 Å². The molecule has 0 amide bonds. The minimum atomic E-state index is -0.0890. The van der Waals surface area contributed by atoms with Crippen LogP contribution < -0.4 is 4.74 Å². The Morgan fingerprint density at radius 3 is 2.50 bits per heavy atom. The highest BCUT2D eigenvalue weighted by Crippen LogP contribution is 2.34. The van der Waals surface area contributed by atoms with Crippen LogP contribution in [-0.2, 0) is 13.0 Å². The van der Waals surface area contributed by atoms with Gasteiger partial charge in [0.15, 0.2) is 0 Å². The molecular formula is C16H19N3O2S. The molecule has 3 rings (SSSR count). The maximum absolute atomic E-state index is 9.81. The van der Waals surface area contributed by atoms with Crippen molar-refractivity contribution in [2.24, 2.45) is 0 Å². The van der Waals surface area contributed by atoms with Crippen molar-refractivity contribution in [3.63, 3.8) is 0 Å². The lowest BCUT2D eigenvalue weighted by Crippen LogP contribution is -1.99. The number of benzene rings is 1. The monoisotopic (exact) mass is 317 g/mol. The first-order valence-electron chi connectivity index (χ1n) is 7.22. The van der Waals surface area contributed by atoms with Gasteiger partial charge in [0.25, 0.3) is 0 Å². The third-order valence-corrected chi connectivity index (χ3v) is 4.82. The van der Waals surface area contributed by atoms with Crippen molar-refractivity contribution in [3.8, 4) is 17.0 Å². The first-order chi connectivity index (χ1) is 10.6. The summed E-state index contributed by atoms with van der Waals surface area (Å²) >= 11 is 1.57. The Bertz CT molecular complexity index is 812. The number of ether oxygens (including phenoxy) is 1. The van der Waals surface area contributed by atoms with Crippen LogP contribution in [0.15, 0.2) is 12.1 Å². The molecule has 0 aliphatic carbocycles. The van der Waals surface area contributed by atoms with Crippen molar-refractivity contribution in [2.75, 3.05) is 7.11 Å². The van der Waals surface area contributed by atoms with Crippen LogP contribution in [0, 0.1) is 13.8 Å². The zero-order valence-corrected chi connectivity index (χ0v) is 14.0. The Morgan fingerprint density at radius 1 is 1.27 bits per heavy atom. The number of aliphatic hydroxyl groups is 1. The second kappa shape index (κ2) is 5.70. The maximum Gasteiger partial charge on any atom is 0.213 e. The predicted molar refractivity (Wildman–Crippen MR) is 87.6 cm³/mol. The Balaban J connectivity index is 2.24. The number of methoxy groups -OCH3 is 1. The predicted octanol–water partition coefficient (Wildman–Crippen LogP) is 3.14. The van der Waals surface area contributed by atoms with E-state index in [1.165, 1.54) is 0 Å². The van der Waals surface area contributed by atoms with Crippen LogP contribution in [-0.4, -0.2) is 26.8 Å². The summed E-state index contributed by atoms with van der Waals surface area (Å²) in [6.07, 6.45) is 0.870. The molecule has 0 aliphatic heterocycles. The lowest BCUT2D eigenvalue weighted by atomic mass is 9.98. The molecule has 0 spiro atoms. The lowest BCUT2D eigenvalue weighted by Gasteiger charge is -2.11. The molecule has 0 aliphatic rings. The molecule has 0 saturated carbocycles. The molecule has 1 aromatic carbocycles. The van der Waals surface area contributed by atoms with Gasteiger partial charge < -0.3 is 9.84 Å². The van der Waals surface area contributed by atoms with E-state index in [4.69, 9.17) is 9.72 Å². The summed E-state index contributed by atoms with van der Waals surface area (Å²) < 4.78 is 7.08. The zero-order valence-electron chi connectivity index (χ0n) is 13.2. The van der Waals surface area contributed by atoms with Gasteiger partial charge in [0.1, 0.15) is 10.8 Å². The first kappa shape index (κ1) is 15.0. The fourth-order valence-corrected chi connectivity index (χ4v) is 3.58. The number of fused-ring (bicyclic) bond motifs is 1. The van der Waals surface area contributed by atoms with Crippen LogP contribution in [0.1, 0.15) is 28.8 Å².